The first-order chi connectivity index (χ1) is 29.7. The van der Waals surface area contributed by atoms with E-state index in [-0.39, 0.29) is 0 Å². The Morgan fingerprint density at radius 1 is 0.267 bits per heavy atom. The summed E-state index contributed by atoms with van der Waals surface area (Å²) in [7, 11) is 0. The van der Waals surface area contributed by atoms with Crippen molar-refractivity contribution < 1.29 is 0 Å². The Morgan fingerprint density at radius 3 is 1.67 bits per heavy atom. The molecule has 0 N–H and O–H groups in total. The molecule has 0 amide bonds. The van der Waals surface area contributed by atoms with Crippen LogP contribution in [0.1, 0.15) is 0 Å². The van der Waals surface area contributed by atoms with E-state index in [1.165, 1.54) is 78.7 Å². The summed E-state index contributed by atoms with van der Waals surface area (Å²) >= 11 is 3.74. The van der Waals surface area contributed by atoms with Gasteiger partial charge in [0.2, 0.25) is 0 Å². The molecule has 4 heteroatoms. The Bertz CT molecular complexity index is 3550. The maximum Gasteiger partial charge on any atom is 0.0554 e. The highest BCUT2D eigenvalue weighted by Gasteiger charge is 2.21. The average Bonchev–Trinajstić information content (AvgIpc) is 3.88. The van der Waals surface area contributed by atoms with Crippen LogP contribution in [0.15, 0.2) is 218 Å². The molecule has 2 aromatic heterocycles. The molecular formula is C56H36N2S2. The highest BCUT2D eigenvalue weighted by atomic mass is 32.1. The minimum Gasteiger partial charge on any atom is -0.310 e. The van der Waals surface area contributed by atoms with E-state index in [0.717, 1.165) is 28.4 Å². The van der Waals surface area contributed by atoms with Gasteiger partial charge in [0.15, 0.2) is 0 Å². The zero-order valence-electron chi connectivity index (χ0n) is 32.5. The van der Waals surface area contributed by atoms with Gasteiger partial charge in [0.25, 0.3) is 0 Å². The maximum absolute atomic E-state index is 2.45. The van der Waals surface area contributed by atoms with Gasteiger partial charge in [-0.15, -0.1) is 22.7 Å². The molecule has 0 atom stereocenters. The number of hydrogen-bond acceptors (Lipinski definition) is 4. The summed E-state index contributed by atoms with van der Waals surface area (Å²) in [6, 6.07) is 79.9. The Labute approximate surface area is 356 Å². The molecule has 0 radical (unpaired) electrons. The van der Waals surface area contributed by atoms with E-state index in [1.807, 2.05) is 22.7 Å². The van der Waals surface area contributed by atoms with E-state index < -0.39 is 0 Å². The molecule has 12 rings (SSSR count). The van der Waals surface area contributed by atoms with E-state index in [4.69, 9.17) is 0 Å². The van der Waals surface area contributed by atoms with Crippen LogP contribution in [0.25, 0.3) is 73.0 Å². The summed E-state index contributed by atoms with van der Waals surface area (Å²) in [6.07, 6.45) is 0. The van der Waals surface area contributed by atoms with Gasteiger partial charge in [-0.2, -0.15) is 0 Å². The predicted octanol–water partition coefficient (Wildman–Crippen LogP) is 17.3. The van der Waals surface area contributed by atoms with Gasteiger partial charge >= 0.3 is 0 Å². The smallest absolute Gasteiger partial charge is 0.0554 e. The SMILES string of the molecule is c1ccc(-c2ccc(N(c3ccc4ccccc4c3)c3ccc4sc5cc(N(c6ccccc6)c6cc7sc8ccccc8c7c7ccccc67)ccc5c4c3)cc2)cc1. The lowest BCUT2D eigenvalue weighted by molar-refractivity contribution is 1.30. The summed E-state index contributed by atoms with van der Waals surface area (Å²) in [4.78, 5) is 4.84. The number of para-hydroxylation sites is 1. The van der Waals surface area contributed by atoms with Gasteiger partial charge in [-0.05, 0) is 106 Å². The van der Waals surface area contributed by atoms with Gasteiger partial charge in [0.1, 0.15) is 0 Å². The van der Waals surface area contributed by atoms with Crippen molar-refractivity contribution in [1.29, 1.82) is 0 Å². The highest BCUT2D eigenvalue weighted by molar-refractivity contribution is 7.26. The summed E-state index contributed by atoms with van der Waals surface area (Å²) in [5, 5.41) is 10.2. The molecule has 0 aliphatic heterocycles. The first kappa shape index (κ1) is 34.8. The second kappa shape index (κ2) is 14.2. The Morgan fingerprint density at radius 2 is 0.833 bits per heavy atom. The van der Waals surface area contributed by atoms with Crippen molar-refractivity contribution in [3.8, 4) is 11.1 Å². The van der Waals surface area contributed by atoms with E-state index in [0.29, 0.717) is 0 Å². The normalized spacial score (nSPS) is 11.7. The minimum absolute atomic E-state index is 1.12. The number of thiophene rings is 2. The van der Waals surface area contributed by atoms with Gasteiger partial charge in [-0.25, -0.2) is 0 Å². The van der Waals surface area contributed by atoms with Crippen molar-refractivity contribution in [3.05, 3.63) is 218 Å². The summed E-state index contributed by atoms with van der Waals surface area (Å²) < 4.78 is 5.15. The number of benzene rings is 10. The van der Waals surface area contributed by atoms with Crippen LogP contribution in [-0.2, 0) is 0 Å². The van der Waals surface area contributed by atoms with E-state index in [2.05, 4.69) is 228 Å². The van der Waals surface area contributed by atoms with E-state index in [9.17, 15) is 0 Å². The van der Waals surface area contributed by atoms with Crippen molar-refractivity contribution in [3.63, 3.8) is 0 Å². The van der Waals surface area contributed by atoms with Gasteiger partial charge in [0.05, 0.1) is 5.69 Å². The number of hydrogen-bond donors (Lipinski definition) is 0. The first-order valence-corrected chi connectivity index (χ1v) is 22.0. The summed E-state index contributed by atoms with van der Waals surface area (Å²) in [5.41, 5.74) is 9.25. The van der Waals surface area contributed by atoms with E-state index in [1.54, 1.807) is 0 Å². The lowest BCUT2D eigenvalue weighted by atomic mass is 10.0. The lowest BCUT2D eigenvalue weighted by Crippen LogP contribution is -2.10. The molecule has 0 bridgehead atoms. The minimum atomic E-state index is 1.12. The molecule has 282 valence electrons. The molecule has 12 aromatic rings. The molecule has 0 fully saturated rings. The summed E-state index contributed by atoms with van der Waals surface area (Å²) in [5.74, 6) is 0. The van der Waals surface area contributed by atoms with Crippen molar-refractivity contribution in [2.24, 2.45) is 0 Å². The monoisotopic (exact) mass is 800 g/mol. The third-order valence-electron chi connectivity index (χ3n) is 11.8. The van der Waals surface area contributed by atoms with Crippen LogP contribution in [-0.4, -0.2) is 0 Å². The van der Waals surface area contributed by atoms with Crippen LogP contribution in [0.2, 0.25) is 0 Å². The second-order valence-electron chi connectivity index (χ2n) is 15.3. The molecule has 0 aliphatic carbocycles. The fourth-order valence-electron chi connectivity index (χ4n) is 8.99. The molecule has 2 heterocycles. The van der Waals surface area contributed by atoms with E-state index >= 15 is 0 Å². The molecular weight excluding hydrogens is 765 g/mol. The van der Waals surface area contributed by atoms with Crippen LogP contribution >= 0.6 is 22.7 Å². The average molecular weight is 801 g/mol. The number of rotatable bonds is 7. The van der Waals surface area contributed by atoms with Crippen molar-refractivity contribution in [2.75, 3.05) is 9.80 Å². The Kier molecular flexibility index (Phi) is 8.25. The topological polar surface area (TPSA) is 6.48 Å². The van der Waals surface area contributed by atoms with Gasteiger partial charge in [-0.1, -0.05) is 140 Å². The number of fused-ring (bicyclic) bond motifs is 9. The Balaban J connectivity index is 1.01. The predicted molar refractivity (Wildman–Crippen MR) is 262 cm³/mol. The van der Waals surface area contributed by atoms with Gasteiger partial charge in [-0.3, -0.25) is 0 Å². The fraction of sp³-hybridized carbons (Fsp3) is 0. The van der Waals surface area contributed by atoms with Gasteiger partial charge in [0, 0.05) is 74.2 Å². The highest BCUT2D eigenvalue weighted by Crippen LogP contribution is 2.48. The molecule has 60 heavy (non-hydrogen) atoms. The lowest BCUT2D eigenvalue weighted by Gasteiger charge is -2.27. The molecule has 10 aromatic carbocycles. The molecule has 0 saturated heterocycles. The third kappa shape index (κ3) is 5.84. The second-order valence-corrected chi connectivity index (χ2v) is 17.5. The Hall–Kier alpha value is -7.24. The zero-order valence-corrected chi connectivity index (χ0v) is 34.1. The molecule has 0 aliphatic rings. The summed E-state index contributed by atoms with van der Waals surface area (Å²) in [6.45, 7) is 0. The van der Waals surface area contributed by atoms with Crippen molar-refractivity contribution >= 4 is 119 Å². The number of anilines is 6. The van der Waals surface area contributed by atoms with Crippen LogP contribution < -0.4 is 9.80 Å². The molecule has 0 saturated carbocycles. The fourth-order valence-corrected chi connectivity index (χ4v) is 11.3. The maximum atomic E-state index is 2.45. The third-order valence-corrected chi connectivity index (χ3v) is 14.0. The van der Waals surface area contributed by atoms with Crippen LogP contribution in [0, 0.1) is 0 Å². The zero-order chi connectivity index (χ0) is 39.6. The van der Waals surface area contributed by atoms with Crippen LogP contribution in [0.5, 0.6) is 0 Å². The molecule has 0 unspecified atom stereocenters. The van der Waals surface area contributed by atoms with Crippen molar-refractivity contribution in [2.45, 2.75) is 0 Å². The van der Waals surface area contributed by atoms with Gasteiger partial charge < -0.3 is 9.80 Å². The molecule has 2 nitrogen and oxygen atoms in total. The van der Waals surface area contributed by atoms with Crippen LogP contribution in [0.3, 0.4) is 0 Å². The first-order valence-electron chi connectivity index (χ1n) is 20.3. The molecule has 0 spiro atoms. The largest absolute Gasteiger partial charge is 0.310 e. The quantitative estimate of drug-likeness (QED) is 0.158. The van der Waals surface area contributed by atoms with Crippen LogP contribution in [0.4, 0.5) is 34.1 Å². The standard InChI is InChI=1S/C56H36N2S2/c1-3-13-37(14-4-1)39-23-26-42(27-24-39)57(43-28-25-38-15-7-8-16-40(38)33-43)44-30-32-53-50(34-44)47-31-29-45(35-54(47)59-53)58(41-17-5-2-6-18-41)51-36-55-56(48-20-10-9-19-46(48)51)49-21-11-12-22-52(49)60-55/h1-36H. The van der Waals surface area contributed by atoms with Crippen molar-refractivity contribution in [1.82, 2.24) is 0 Å². The number of nitrogens with zero attached hydrogens (tertiary/aromatic N) is 2.